The molecule has 0 aliphatic rings. The van der Waals surface area contributed by atoms with Crippen LogP contribution in [0.2, 0.25) is 0 Å². The van der Waals surface area contributed by atoms with Crippen LogP contribution in [0.15, 0.2) is 17.0 Å². The maximum absolute atomic E-state index is 11.7. The number of esters is 1. The summed E-state index contributed by atoms with van der Waals surface area (Å²) in [6, 6.07) is 2.81. The first-order chi connectivity index (χ1) is 8.72. The molecule has 5 nitrogen and oxygen atoms in total. The molecule has 0 spiro atoms. The predicted octanol–water partition coefficient (Wildman–Crippen LogP) is 1.28. The van der Waals surface area contributed by atoms with Gasteiger partial charge in [-0.2, -0.15) is 0 Å². The molecule has 0 saturated carbocycles. The smallest absolute Gasteiger partial charge is 0.338 e. The average molecular weight is 286 g/mol. The first-order valence-electron chi connectivity index (χ1n) is 5.76. The summed E-state index contributed by atoms with van der Waals surface area (Å²) in [7, 11) is -2.20. The van der Waals surface area contributed by atoms with Gasteiger partial charge in [0.1, 0.15) is 0 Å². The maximum Gasteiger partial charge on any atom is 0.338 e. The summed E-state index contributed by atoms with van der Waals surface area (Å²) < 4.78 is 28.0. The number of sulfone groups is 1. The van der Waals surface area contributed by atoms with E-state index < -0.39 is 15.8 Å². The Morgan fingerprint density at radius 2 is 2.00 bits per heavy atom. The van der Waals surface area contributed by atoms with Gasteiger partial charge in [0, 0.05) is 18.8 Å². The second kappa shape index (κ2) is 5.71. The maximum atomic E-state index is 11.7. The van der Waals surface area contributed by atoms with E-state index in [-0.39, 0.29) is 23.0 Å². The Morgan fingerprint density at radius 3 is 2.42 bits per heavy atom. The molecule has 1 atom stereocenters. The summed E-state index contributed by atoms with van der Waals surface area (Å²) >= 11 is 0. The third-order valence-corrected chi connectivity index (χ3v) is 4.15. The molecule has 1 rings (SSSR count). The number of hydrogen-bond acceptors (Lipinski definition) is 5. The van der Waals surface area contributed by atoms with Crippen LogP contribution < -0.4 is 0 Å². The zero-order valence-electron chi connectivity index (χ0n) is 11.4. The van der Waals surface area contributed by atoms with Gasteiger partial charge in [0.15, 0.2) is 9.84 Å². The Bertz CT molecular complexity index is 589. The molecule has 6 heteroatoms. The summed E-state index contributed by atoms with van der Waals surface area (Å²) in [5, 5.41) is 9.23. The summed E-state index contributed by atoms with van der Waals surface area (Å²) in [6.07, 6.45) is 1.08. The van der Waals surface area contributed by atoms with E-state index in [9.17, 15) is 18.3 Å². The number of hydrogen-bond donors (Lipinski definition) is 1. The number of carbonyl (C=O) groups excluding carboxylic acids is 1. The number of ether oxygens (including phenoxy) is 1. The highest BCUT2D eigenvalue weighted by Gasteiger charge is 2.20. The van der Waals surface area contributed by atoms with Crippen LogP contribution in [0, 0.1) is 6.92 Å². The molecule has 1 aromatic rings. The van der Waals surface area contributed by atoms with E-state index in [1.54, 1.807) is 13.8 Å². The summed E-state index contributed by atoms with van der Waals surface area (Å²) in [5.74, 6) is -0.848. The standard InChI is InChI=1S/C13H18O5S/c1-8(7-14)11-5-10(19(4,16)17)6-12(9(11)2)13(15)18-3/h5-6,8,14H,7H2,1-4H3. The lowest BCUT2D eigenvalue weighted by molar-refractivity contribution is 0.0599. The lowest BCUT2D eigenvalue weighted by Gasteiger charge is -2.16. The fourth-order valence-electron chi connectivity index (χ4n) is 1.86. The molecule has 1 N–H and O–H groups in total. The van der Waals surface area contributed by atoms with Crippen molar-refractivity contribution in [3.8, 4) is 0 Å². The number of carbonyl (C=O) groups is 1. The van der Waals surface area contributed by atoms with Crippen LogP contribution in [0.5, 0.6) is 0 Å². The van der Waals surface area contributed by atoms with Crippen molar-refractivity contribution in [1.82, 2.24) is 0 Å². The Morgan fingerprint density at radius 1 is 1.42 bits per heavy atom. The lowest BCUT2D eigenvalue weighted by atomic mass is 9.93. The molecule has 0 heterocycles. The van der Waals surface area contributed by atoms with E-state index in [0.717, 1.165) is 6.26 Å². The molecule has 1 unspecified atom stereocenters. The molecule has 0 radical (unpaired) electrons. The van der Waals surface area contributed by atoms with Gasteiger partial charge in [0.05, 0.1) is 17.6 Å². The van der Waals surface area contributed by atoms with Gasteiger partial charge < -0.3 is 9.84 Å². The Labute approximate surface area is 113 Å². The minimum absolute atomic E-state index is 0.0498. The molecule has 0 aliphatic carbocycles. The SMILES string of the molecule is COC(=O)c1cc(S(C)(=O)=O)cc(C(C)CO)c1C. The van der Waals surface area contributed by atoms with E-state index in [2.05, 4.69) is 4.74 Å². The van der Waals surface area contributed by atoms with Gasteiger partial charge in [-0.3, -0.25) is 0 Å². The molecule has 0 aromatic heterocycles. The zero-order valence-corrected chi connectivity index (χ0v) is 12.2. The van der Waals surface area contributed by atoms with Crippen molar-refractivity contribution in [2.75, 3.05) is 20.0 Å². The van der Waals surface area contributed by atoms with E-state index in [1.165, 1.54) is 19.2 Å². The van der Waals surface area contributed by atoms with Crippen LogP contribution in [0.1, 0.15) is 34.3 Å². The minimum atomic E-state index is -3.44. The monoisotopic (exact) mass is 286 g/mol. The third-order valence-electron chi connectivity index (χ3n) is 3.06. The number of aliphatic hydroxyl groups excluding tert-OH is 1. The first-order valence-corrected chi connectivity index (χ1v) is 7.65. The topological polar surface area (TPSA) is 80.7 Å². The third kappa shape index (κ3) is 3.33. The quantitative estimate of drug-likeness (QED) is 0.843. The summed E-state index contributed by atoms with van der Waals surface area (Å²) in [5.41, 5.74) is 1.47. The van der Waals surface area contributed by atoms with Gasteiger partial charge in [-0.25, -0.2) is 13.2 Å². The van der Waals surface area contributed by atoms with Crippen molar-refractivity contribution in [3.63, 3.8) is 0 Å². The van der Waals surface area contributed by atoms with Crippen LogP contribution in [0.25, 0.3) is 0 Å². The van der Waals surface area contributed by atoms with Crippen LogP contribution >= 0.6 is 0 Å². The van der Waals surface area contributed by atoms with Gasteiger partial charge in [-0.05, 0) is 30.2 Å². The Kier molecular flexibility index (Phi) is 4.70. The van der Waals surface area contributed by atoms with Crippen LogP contribution in [0.4, 0.5) is 0 Å². The van der Waals surface area contributed by atoms with E-state index >= 15 is 0 Å². The predicted molar refractivity (Wildman–Crippen MR) is 71.1 cm³/mol. The fourth-order valence-corrected chi connectivity index (χ4v) is 2.53. The highest BCUT2D eigenvalue weighted by atomic mass is 32.2. The molecule has 0 amide bonds. The average Bonchev–Trinajstić information content (AvgIpc) is 2.35. The normalized spacial score (nSPS) is 13.1. The van der Waals surface area contributed by atoms with E-state index in [4.69, 9.17) is 0 Å². The van der Waals surface area contributed by atoms with Gasteiger partial charge in [-0.1, -0.05) is 6.92 Å². The van der Waals surface area contributed by atoms with Gasteiger partial charge in [-0.15, -0.1) is 0 Å². The molecule has 106 valence electrons. The highest BCUT2D eigenvalue weighted by Crippen LogP contribution is 2.26. The number of methoxy groups -OCH3 is 1. The van der Waals surface area contributed by atoms with Crippen LogP contribution in [-0.2, 0) is 14.6 Å². The van der Waals surface area contributed by atoms with Gasteiger partial charge in [0.25, 0.3) is 0 Å². The van der Waals surface area contributed by atoms with Gasteiger partial charge >= 0.3 is 5.97 Å². The number of benzene rings is 1. The van der Waals surface area contributed by atoms with Gasteiger partial charge in [0.2, 0.25) is 0 Å². The second-order valence-corrected chi connectivity index (χ2v) is 6.55. The molecule has 0 saturated heterocycles. The van der Waals surface area contributed by atoms with Crippen molar-refractivity contribution in [3.05, 3.63) is 28.8 Å². The zero-order chi connectivity index (χ0) is 14.8. The largest absolute Gasteiger partial charge is 0.465 e. The molecular formula is C13H18O5S. The molecule has 0 fully saturated rings. The minimum Gasteiger partial charge on any atom is -0.465 e. The Balaban J connectivity index is 3.61. The van der Waals surface area contributed by atoms with Crippen molar-refractivity contribution in [2.24, 2.45) is 0 Å². The molecule has 0 aliphatic heterocycles. The fraction of sp³-hybridized carbons (Fsp3) is 0.462. The number of rotatable bonds is 4. The van der Waals surface area contributed by atoms with Crippen molar-refractivity contribution >= 4 is 15.8 Å². The van der Waals surface area contributed by atoms with Crippen molar-refractivity contribution < 1.29 is 23.1 Å². The van der Waals surface area contributed by atoms with Crippen molar-refractivity contribution in [2.45, 2.75) is 24.7 Å². The molecule has 1 aromatic carbocycles. The first kappa shape index (κ1) is 15.7. The summed E-state index contributed by atoms with van der Waals surface area (Å²) in [4.78, 5) is 11.7. The van der Waals surface area contributed by atoms with Crippen LogP contribution in [-0.4, -0.2) is 39.5 Å². The Hall–Kier alpha value is -1.40. The highest BCUT2D eigenvalue weighted by molar-refractivity contribution is 7.90. The molecule has 0 bridgehead atoms. The van der Waals surface area contributed by atoms with E-state index in [1.807, 2.05) is 0 Å². The van der Waals surface area contributed by atoms with Crippen molar-refractivity contribution in [1.29, 1.82) is 0 Å². The summed E-state index contributed by atoms with van der Waals surface area (Å²) in [6.45, 7) is 3.34. The lowest BCUT2D eigenvalue weighted by Crippen LogP contribution is -2.12. The van der Waals surface area contributed by atoms with Crippen LogP contribution in [0.3, 0.4) is 0 Å². The number of aliphatic hydroxyl groups is 1. The molecule has 19 heavy (non-hydrogen) atoms. The van der Waals surface area contributed by atoms with E-state index in [0.29, 0.717) is 11.1 Å². The second-order valence-electron chi connectivity index (χ2n) is 4.53. The molecular weight excluding hydrogens is 268 g/mol.